The lowest BCUT2D eigenvalue weighted by molar-refractivity contribution is -0.125. The molecule has 1 aromatic heterocycles. The molecule has 5 heteroatoms. The third-order valence-electron chi connectivity index (χ3n) is 2.56. The van der Waals surface area contributed by atoms with E-state index < -0.39 is 5.41 Å². The molecule has 0 spiro atoms. The van der Waals surface area contributed by atoms with Crippen LogP contribution in [-0.4, -0.2) is 28.5 Å². The number of imidazole rings is 1. The van der Waals surface area contributed by atoms with Crippen molar-refractivity contribution in [1.82, 2.24) is 14.9 Å². The Kier molecular flexibility index (Phi) is 4.49. The number of carbonyl (C=O) groups is 1. The van der Waals surface area contributed by atoms with Gasteiger partial charge in [0.05, 0.1) is 11.7 Å². The van der Waals surface area contributed by atoms with Crippen molar-refractivity contribution >= 4 is 5.91 Å². The zero-order valence-electron chi connectivity index (χ0n) is 9.94. The number of nitrogens with two attached hydrogens (primary N) is 1. The van der Waals surface area contributed by atoms with Crippen molar-refractivity contribution in [1.29, 1.82) is 0 Å². The average Bonchev–Trinajstić information content (AvgIpc) is 2.69. The Bertz CT molecular complexity index is 319. The molecule has 16 heavy (non-hydrogen) atoms. The van der Waals surface area contributed by atoms with Gasteiger partial charge in [-0.05, 0) is 26.8 Å². The molecule has 0 atom stereocenters. The molecule has 1 heterocycles. The number of rotatable bonds is 7. The first kappa shape index (κ1) is 12.7. The van der Waals surface area contributed by atoms with Crippen LogP contribution in [0.4, 0.5) is 0 Å². The van der Waals surface area contributed by atoms with E-state index in [1.807, 2.05) is 24.6 Å². The lowest BCUT2D eigenvalue weighted by Gasteiger charge is -2.20. The maximum absolute atomic E-state index is 11.0. The minimum atomic E-state index is -0.477. The summed E-state index contributed by atoms with van der Waals surface area (Å²) < 4.78 is 2.03. The van der Waals surface area contributed by atoms with E-state index in [1.165, 1.54) is 0 Å². The van der Waals surface area contributed by atoms with E-state index in [0.29, 0.717) is 6.54 Å². The summed E-state index contributed by atoms with van der Waals surface area (Å²) in [5.41, 5.74) is 4.79. The number of hydrogen-bond donors (Lipinski definition) is 2. The monoisotopic (exact) mass is 224 g/mol. The van der Waals surface area contributed by atoms with Crippen LogP contribution in [0.2, 0.25) is 0 Å². The highest BCUT2D eigenvalue weighted by molar-refractivity contribution is 5.80. The van der Waals surface area contributed by atoms with Gasteiger partial charge in [0.15, 0.2) is 0 Å². The van der Waals surface area contributed by atoms with Crippen molar-refractivity contribution in [3.63, 3.8) is 0 Å². The molecule has 0 radical (unpaired) electrons. The molecule has 1 amide bonds. The van der Waals surface area contributed by atoms with Gasteiger partial charge < -0.3 is 15.6 Å². The molecule has 0 aliphatic rings. The van der Waals surface area contributed by atoms with Gasteiger partial charge in [-0.2, -0.15) is 0 Å². The molecule has 0 bridgehead atoms. The number of amides is 1. The largest absolute Gasteiger partial charge is 0.369 e. The minimum Gasteiger partial charge on any atom is -0.369 e. The fourth-order valence-corrected chi connectivity index (χ4v) is 1.29. The van der Waals surface area contributed by atoms with Gasteiger partial charge in [-0.3, -0.25) is 4.79 Å². The minimum absolute atomic E-state index is 0.269. The molecule has 0 aliphatic heterocycles. The lowest BCUT2D eigenvalue weighted by atomic mass is 9.93. The van der Waals surface area contributed by atoms with Crippen LogP contribution in [0.3, 0.4) is 0 Å². The van der Waals surface area contributed by atoms with Crippen LogP contribution in [0.5, 0.6) is 0 Å². The Morgan fingerprint density at radius 3 is 2.88 bits per heavy atom. The van der Waals surface area contributed by atoms with Crippen LogP contribution in [0.15, 0.2) is 18.7 Å². The maximum Gasteiger partial charge on any atom is 0.224 e. The summed E-state index contributed by atoms with van der Waals surface area (Å²) in [6, 6.07) is 0. The standard InChI is InChI=1S/C11H20N4O/c1-11(2,10(12)16)8-13-4-3-6-15-7-5-14-9-15/h5,7,9,13H,3-4,6,8H2,1-2H3,(H2,12,16). The van der Waals surface area contributed by atoms with E-state index >= 15 is 0 Å². The molecule has 0 aliphatic carbocycles. The maximum atomic E-state index is 11.0. The summed E-state index contributed by atoms with van der Waals surface area (Å²) in [7, 11) is 0. The molecular formula is C11H20N4O. The molecule has 0 fully saturated rings. The predicted molar refractivity (Wildman–Crippen MR) is 62.7 cm³/mol. The zero-order valence-corrected chi connectivity index (χ0v) is 9.94. The van der Waals surface area contributed by atoms with Gasteiger partial charge in [-0.15, -0.1) is 0 Å². The van der Waals surface area contributed by atoms with E-state index in [2.05, 4.69) is 10.3 Å². The molecule has 3 N–H and O–H groups in total. The van der Waals surface area contributed by atoms with Gasteiger partial charge in [-0.25, -0.2) is 4.98 Å². The van der Waals surface area contributed by atoms with Gasteiger partial charge >= 0.3 is 0 Å². The molecule has 0 saturated heterocycles. The summed E-state index contributed by atoms with van der Waals surface area (Å²) in [4.78, 5) is 15.0. The number of hydrogen-bond acceptors (Lipinski definition) is 3. The van der Waals surface area contributed by atoms with Crippen LogP contribution in [-0.2, 0) is 11.3 Å². The van der Waals surface area contributed by atoms with Crippen LogP contribution < -0.4 is 11.1 Å². The second-order valence-corrected chi connectivity index (χ2v) is 4.58. The fraction of sp³-hybridized carbons (Fsp3) is 0.636. The highest BCUT2D eigenvalue weighted by atomic mass is 16.1. The van der Waals surface area contributed by atoms with Gasteiger partial charge in [0.25, 0.3) is 0 Å². The summed E-state index contributed by atoms with van der Waals surface area (Å²) in [5, 5.41) is 3.23. The molecule has 1 aromatic rings. The van der Waals surface area contributed by atoms with E-state index in [9.17, 15) is 4.79 Å². The number of nitrogens with zero attached hydrogens (tertiary/aromatic N) is 2. The number of aromatic nitrogens is 2. The zero-order chi connectivity index (χ0) is 12.0. The first-order chi connectivity index (χ1) is 7.52. The molecule has 1 rings (SSSR count). The van der Waals surface area contributed by atoms with E-state index in [0.717, 1.165) is 19.5 Å². The van der Waals surface area contributed by atoms with Crippen molar-refractivity contribution in [2.45, 2.75) is 26.8 Å². The normalized spacial score (nSPS) is 11.6. The van der Waals surface area contributed by atoms with Gasteiger partial charge in [-0.1, -0.05) is 0 Å². The first-order valence-electron chi connectivity index (χ1n) is 5.49. The first-order valence-corrected chi connectivity index (χ1v) is 5.49. The summed E-state index contributed by atoms with van der Waals surface area (Å²) in [5.74, 6) is -0.269. The van der Waals surface area contributed by atoms with Crippen molar-refractivity contribution in [2.75, 3.05) is 13.1 Å². The fourth-order valence-electron chi connectivity index (χ4n) is 1.29. The highest BCUT2D eigenvalue weighted by Crippen LogP contribution is 2.11. The van der Waals surface area contributed by atoms with Crippen LogP contribution in [0.1, 0.15) is 20.3 Å². The number of primary amides is 1. The lowest BCUT2D eigenvalue weighted by Crippen LogP contribution is -2.40. The topological polar surface area (TPSA) is 72.9 Å². The third kappa shape index (κ3) is 4.02. The molecule has 5 nitrogen and oxygen atoms in total. The van der Waals surface area contributed by atoms with Gasteiger partial charge in [0.2, 0.25) is 5.91 Å². The van der Waals surface area contributed by atoms with E-state index in [4.69, 9.17) is 5.73 Å². The van der Waals surface area contributed by atoms with Crippen molar-refractivity contribution in [2.24, 2.45) is 11.1 Å². The molecule has 0 aromatic carbocycles. The summed E-state index contributed by atoms with van der Waals surface area (Å²) in [6.07, 6.45) is 6.51. The van der Waals surface area contributed by atoms with Crippen molar-refractivity contribution in [3.8, 4) is 0 Å². The number of aryl methyl sites for hydroxylation is 1. The Hall–Kier alpha value is -1.36. The molecule has 90 valence electrons. The van der Waals surface area contributed by atoms with Gasteiger partial charge in [0.1, 0.15) is 0 Å². The predicted octanol–water partition coefficient (Wildman–Crippen LogP) is 0.374. The quantitative estimate of drug-likeness (QED) is 0.657. The Labute approximate surface area is 96.0 Å². The summed E-state index contributed by atoms with van der Waals surface area (Å²) >= 11 is 0. The van der Waals surface area contributed by atoms with E-state index in [-0.39, 0.29) is 5.91 Å². The second-order valence-electron chi connectivity index (χ2n) is 4.58. The third-order valence-corrected chi connectivity index (χ3v) is 2.56. The molecular weight excluding hydrogens is 204 g/mol. The van der Waals surface area contributed by atoms with Crippen LogP contribution >= 0.6 is 0 Å². The van der Waals surface area contributed by atoms with Crippen LogP contribution in [0, 0.1) is 5.41 Å². The van der Waals surface area contributed by atoms with Crippen molar-refractivity contribution < 1.29 is 4.79 Å². The Morgan fingerprint density at radius 2 is 2.31 bits per heavy atom. The molecule has 0 saturated carbocycles. The van der Waals surface area contributed by atoms with Gasteiger partial charge in [0, 0.05) is 25.5 Å². The average molecular weight is 224 g/mol. The van der Waals surface area contributed by atoms with Crippen molar-refractivity contribution in [3.05, 3.63) is 18.7 Å². The Balaban J connectivity index is 2.10. The van der Waals surface area contributed by atoms with E-state index in [1.54, 1.807) is 12.5 Å². The SMILES string of the molecule is CC(C)(CNCCCn1ccnc1)C(N)=O. The number of nitrogens with one attached hydrogen (secondary N) is 1. The highest BCUT2D eigenvalue weighted by Gasteiger charge is 2.23. The smallest absolute Gasteiger partial charge is 0.224 e. The molecule has 0 unspecified atom stereocenters. The van der Waals surface area contributed by atoms with Crippen LogP contribution in [0.25, 0.3) is 0 Å². The number of carbonyl (C=O) groups excluding carboxylic acids is 1. The summed E-state index contributed by atoms with van der Waals surface area (Å²) in [6.45, 7) is 6.11. The second kappa shape index (κ2) is 5.65. The Morgan fingerprint density at radius 1 is 1.56 bits per heavy atom.